The largest absolute Gasteiger partial charge is 0.361 e. The summed E-state index contributed by atoms with van der Waals surface area (Å²) in [5, 5.41) is 12.4. The van der Waals surface area contributed by atoms with E-state index in [0.717, 1.165) is 23.6 Å². The molecule has 0 saturated carbocycles. The molecule has 0 bridgehead atoms. The van der Waals surface area contributed by atoms with Crippen molar-refractivity contribution >= 4 is 28.3 Å². The van der Waals surface area contributed by atoms with Gasteiger partial charge in [-0.25, -0.2) is 0 Å². The zero-order valence-electron chi connectivity index (χ0n) is 15.6. The minimum absolute atomic E-state index is 0.273. The SMILES string of the molecule is CCN(Cc1c[nH]c2ccccc12)c1ccc(C(=O)Nc2ccccc2)nn1. The van der Waals surface area contributed by atoms with E-state index in [9.17, 15) is 4.79 Å². The lowest BCUT2D eigenvalue weighted by Gasteiger charge is -2.21. The van der Waals surface area contributed by atoms with E-state index in [0.29, 0.717) is 6.54 Å². The van der Waals surface area contributed by atoms with E-state index in [4.69, 9.17) is 0 Å². The standard InChI is InChI=1S/C22H21N5O/c1-2-27(15-16-14-23-19-11-7-6-10-18(16)19)21-13-12-20(25-26-21)22(28)24-17-8-4-3-5-9-17/h3-14,23H,2,15H2,1H3,(H,24,28). The summed E-state index contributed by atoms with van der Waals surface area (Å²) in [5.41, 5.74) is 3.33. The van der Waals surface area contributed by atoms with E-state index in [1.807, 2.05) is 54.7 Å². The zero-order valence-corrected chi connectivity index (χ0v) is 15.6. The lowest BCUT2D eigenvalue weighted by atomic mass is 10.1. The molecule has 2 aromatic heterocycles. The molecule has 0 aliphatic rings. The molecule has 1 amide bonds. The summed E-state index contributed by atoms with van der Waals surface area (Å²) in [6.07, 6.45) is 2.03. The van der Waals surface area contributed by atoms with Crippen LogP contribution in [0, 0.1) is 0 Å². The minimum Gasteiger partial charge on any atom is -0.361 e. The summed E-state index contributed by atoms with van der Waals surface area (Å²) in [4.78, 5) is 17.8. The van der Waals surface area contributed by atoms with Gasteiger partial charge in [0.25, 0.3) is 5.91 Å². The Hall–Kier alpha value is -3.67. The highest BCUT2D eigenvalue weighted by molar-refractivity contribution is 6.02. The van der Waals surface area contributed by atoms with Crippen LogP contribution in [0.3, 0.4) is 0 Å². The molecule has 0 atom stereocenters. The monoisotopic (exact) mass is 371 g/mol. The molecule has 0 saturated heterocycles. The molecule has 0 spiro atoms. The fraction of sp³-hybridized carbons (Fsp3) is 0.136. The number of benzene rings is 2. The van der Waals surface area contributed by atoms with Crippen LogP contribution in [0.2, 0.25) is 0 Å². The van der Waals surface area contributed by atoms with Crippen molar-refractivity contribution in [3.05, 3.63) is 84.2 Å². The van der Waals surface area contributed by atoms with Gasteiger partial charge in [-0.05, 0) is 42.8 Å². The predicted octanol–water partition coefficient (Wildman–Crippen LogP) is 4.24. The molecule has 6 nitrogen and oxygen atoms in total. The normalized spacial score (nSPS) is 10.8. The van der Waals surface area contributed by atoms with E-state index < -0.39 is 0 Å². The number of hydrogen-bond acceptors (Lipinski definition) is 4. The first-order valence-corrected chi connectivity index (χ1v) is 9.24. The quantitative estimate of drug-likeness (QED) is 0.532. The Morgan fingerprint density at radius 1 is 1.00 bits per heavy atom. The van der Waals surface area contributed by atoms with Crippen molar-refractivity contribution < 1.29 is 4.79 Å². The molecular formula is C22H21N5O. The first-order valence-electron chi connectivity index (χ1n) is 9.24. The van der Waals surface area contributed by atoms with Gasteiger partial charge >= 0.3 is 0 Å². The van der Waals surface area contributed by atoms with Gasteiger partial charge < -0.3 is 15.2 Å². The van der Waals surface area contributed by atoms with Crippen molar-refractivity contribution in [2.24, 2.45) is 0 Å². The second-order valence-electron chi connectivity index (χ2n) is 6.47. The number of hydrogen-bond donors (Lipinski definition) is 2. The summed E-state index contributed by atoms with van der Waals surface area (Å²) in [6, 6.07) is 21.1. The van der Waals surface area contributed by atoms with Gasteiger partial charge in [0, 0.05) is 35.9 Å². The van der Waals surface area contributed by atoms with E-state index in [2.05, 4.69) is 44.5 Å². The molecule has 2 heterocycles. The highest BCUT2D eigenvalue weighted by Gasteiger charge is 2.13. The van der Waals surface area contributed by atoms with Crippen molar-refractivity contribution in [2.45, 2.75) is 13.5 Å². The Morgan fingerprint density at radius 3 is 2.54 bits per heavy atom. The number of nitrogens with zero attached hydrogens (tertiary/aromatic N) is 3. The maximum Gasteiger partial charge on any atom is 0.276 e. The molecule has 4 rings (SSSR count). The van der Waals surface area contributed by atoms with Gasteiger partial charge in [0.2, 0.25) is 0 Å². The van der Waals surface area contributed by atoms with Crippen molar-refractivity contribution in [2.75, 3.05) is 16.8 Å². The Morgan fingerprint density at radius 2 is 1.79 bits per heavy atom. The van der Waals surface area contributed by atoms with Crippen LogP contribution in [0.4, 0.5) is 11.5 Å². The summed E-state index contributed by atoms with van der Waals surface area (Å²) in [7, 11) is 0. The van der Waals surface area contributed by atoms with Crippen LogP contribution in [0.5, 0.6) is 0 Å². The smallest absolute Gasteiger partial charge is 0.276 e. The molecule has 0 aliphatic carbocycles. The van der Waals surface area contributed by atoms with Gasteiger partial charge in [-0.15, -0.1) is 10.2 Å². The van der Waals surface area contributed by atoms with Crippen LogP contribution in [0.1, 0.15) is 23.0 Å². The molecule has 2 aromatic carbocycles. The van der Waals surface area contributed by atoms with Gasteiger partial charge in [-0.1, -0.05) is 36.4 Å². The van der Waals surface area contributed by atoms with Crippen molar-refractivity contribution in [1.29, 1.82) is 0 Å². The van der Waals surface area contributed by atoms with Crippen LogP contribution in [0.25, 0.3) is 10.9 Å². The zero-order chi connectivity index (χ0) is 19.3. The molecule has 6 heteroatoms. The molecular weight excluding hydrogens is 350 g/mol. The third-order valence-electron chi connectivity index (χ3n) is 4.66. The first kappa shape index (κ1) is 17.7. The van der Waals surface area contributed by atoms with Gasteiger partial charge in [0.15, 0.2) is 11.5 Å². The number of aromatic amines is 1. The molecule has 0 radical (unpaired) electrons. The number of rotatable bonds is 6. The van der Waals surface area contributed by atoms with Gasteiger partial charge in [-0.2, -0.15) is 0 Å². The lowest BCUT2D eigenvalue weighted by molar-refractivity contribution is 0.102. The number of fused-ring (bicyclic) bond motifs is 1. The van der Waals surface area contributed by atoms with Crippen molar-refractivity contribution in [3.8, 4) is 0 Å². The number of aromatic nitrogens is 3. The maximum absolute atomic E-state index is 12.3. The molecule has 0 unspecified atom stereocenters. The third kappa shape index (κ3) is 3.71. The predicted molar refractivity (Wildman–Crippen MR) is 111 cm³/mol. The van der Waals surface area contributed by atoms with Gasteiger partial charge in [0.05, 0.1) is 0 Å². The molecule has 28 heavy (non-hydrogen) atoms. The van der Waals surface area contributed by atoms with Crippen LogP contribution in [0.15, 0.2) is 72.9 Å². The van der Waals surface area contributed by atoms with Gasteiger partial charge in [-0.3, -0.25) is 4.79 Å². The Labute approximate surface area is 163 Å². The number of anilines is 2. The average molecular weight is 371 g/mol. The molecule has 0 aliphatic heterocycles. The number of carbonyl (C=O) groups is 1. The summed E-state index contributed by atoms with van der Waals surface area (Å²) in [6.45, 7) is 3.57. The molecule has 4 aromatic rings. The minimum atomic E-state index is -0.273. The number of H-pyrrole nitrogens is 1. The van der Waals surface area contributed by atoms with Crippen LogP contribution in [-0.2, 0) is 6.54 Å². The van der Waals surface area contributed by atoms with Crippen molar-refractivity contribution in [3.63, 3.8) is 0 Å². The highest BCUT2D eigenvalue weighted by atomic mass is 16.1. The number of para-hydroxylation sites is 2. The number of amides is 1. The fourth-order valence-corrected chi connectivity index (χ4v) is 3.15. The van der Waals surface area contributed by atoms with Crippen LogP contribution in [-0.4, -0.2) is 27.6 Å². The van der Waals surface area contributed by atoms with E-state index in [-0.39, 0.29) is 11.6 Å². The topological polar surface area (TPSA) is 73.9 Å². The van der Waals surface area contributed by atoms with Crippen molar-refractivity contribution in [1.82, 2.24) is 15.2 Å². The third-order valence-corrected chi connectivity index (χ3v) is 4.66. The second-order valence-corrected chi connectivity index (χ2v) is 6.47. The van der Waals surface area contributed by atoms with E-state index >= 15 is 0 Å². The van der Waals surface area contributed by atoms with Crippen LogP contribution >= 0.6 is 0 Å². The number of carbonyl (C=O) groups excluding carboxylic acids is 1. The lowest BCUT2D eigenvalue weighted by Crippen LogP contribution is -2.24. The molecule has 2 N–H and O–H groups in total. The second kappa shape index (κ2) is 7.92. The molecule has 0 fully saturated rings. The summed E-state index contributed by atoms with van der Waals surface area (Å²) >= 11 is 0. The average Bonchev–Trinajstić information content (AvgIpc) is 3.16. The first-order chi connectivity index (χ1) is 13.7. The Bertz CT molecular complexity index is 1070. The van der Waals surface area contributed by atoms with E-state index in [1.165, 1.54) is 10.9 Å². The Kier molecular flexibility index (Phi) is 5.01. The number of nitrogens with one attached hydrogen (secondary N) is 2. The Balaban J connectivity index is 1.49. The summed E-state index contributed by atoms with van der Waals surface area (Å²) < 4.78 is 0. The van der Waals surface area contributed by atoms with E-state index in [1.54, 1.807) is 6.07 Å². The fourth-order valence-electron chi connectivity index (χ4n) is 3.15. The summed E-state index contributed by atoms with van der Waals surface area (Å²) in [5.74, 6) is 0.467. The molecule has 140 valence electrons. The highest BCUT2D eigenvalue weighted by Crippen LogP contribution is 2.21. The van der Waals surface area contributed by atoms with Crippen LogP contribution < -0.4 is 10.2 Å². The maximum atomic E-state index is 12.3. The van der Waals surface area contributed by atoms with Gasteiger partial charge in [0.1, 0.15) is 0 Å².